The van der Waals surface area contributed by atoms with Gasteiger partial charge in [0, 0.05) is 4.88 Å². The maximum atomic E-state index is 5.86. The number of ether oxygens (including phenoxy) is 1. The lowest BCUT2D eigenvalue weighted by Crippen LogP contribution is -1.92. The fourth-order valence-corrected chi connectivity index (χ4v) is 3.84. The second kappa shape index (κ2) is 4.68. The molecular weight excluding hydrogens is 294 g/mol. The minimum absolute atomic E-state index is 0.446. The highest BCUT2D eigenvalue weighted by Gasteiger charge is 2.22. The van der Waals surface area contributed by atoms with Crippen molar-refractivity contribution in [1.82, 2.24) is 15.0 Å². The normalized spacial score (nSPS) is 13.7. The fraction of sp³-hybridized carbons (Fsp3) is 0.214. The summed E-state index contributed by atoms with van der Waals surface area (Å²) in [6.07, 6.45) is 6.57. The van der Waals surface area contributed by atoms with Crippen LogP contribution in [-0.2, 0) is 12.8 Å². The van der Waals surface area contributed by atoms with E-state index in [0.717, 1.165) is 23.1 Å². The summed E-state index contributed by atoms with van der Waals surface area (Å²) in [6, 6.07) is 3.49. The number of rotatable bonds is 2. The van der Waals surface area contributed by atoms with Crippen LogP contribution >= 0.6 is 22.9 Å². The van der Waals surface area contributed by atoms with Crippen molar-refractivity contribution < 1.29 is 4.74 Å². The second-order valence-corrected chi connectivity index (χ2v) is 6.11. The molecule has 100 valence electrons. The topological polar surface area (TPSA) is 47.9 Å². The third-order valence-electron chi connectivity index (χ3n) is 3.38. The fourth-order valence-electron chi connectivity index (χ4n) is 2.51. The first-order chi connectivity index (χ1) is 9.81. The summed E-state index contributed by atoms with van der Waals surface area (Å²) in [5.74, 6) is 1.24. The number of hydrogen-bond acceptors (Lipinski definition) is 5. The van der Waals surface area contributed by atoms with E-state index in [1.54, 1.807) is 36.0 Å². The van der Waals surface area contributed by atoms with Gasteiger partial charge in [-0.25, -0.2) is 15.0 Å². The number of thiophene rings is 1. The highest BCUT2D eigenvalue weighted by molar-refractivity contribution is 7.18. The van der Waals surface area contributed by atoms with Crippen LogP contribution in [0.3, 0.4) is 0 Å². The van der Waals surface area contributed by atoms with Crippen molar-refractivity contribution in [3.63, 3.8) is 0 Å². The second-order valence-electron chi connectivity index (χ2n) is 4.64. The molecule has 3 heterocycles. The molecule has 0 unspecified atom stereocenters. The van der Waals surface area contributed by atoms with Gasteiger partial charge >= 0.3 is 0 Å². The third-order valence-corrected chi connectivity index (χ3v) is 4.80. The summed E-state index contributed by atoms with van der Waals surface area (Å²) in [5.41, 5.74) is 1.35. The molecule has 3 aromatic heterocycles. The largest absolute Gasteiger partial charge is 0.437 e. The number of fused-ring (bicyclic) bond motifs is 3. The Morgan fingerprint density at radius 1 is 1.15 bits per heavy atom. The van der Waals surface area contributed by atoms with Crippen molar-refractivity contribution in [2.75, 3.05) is 0 Å². The highest BCUT2D eigenvalue weighted by Crippen LogP contribution is 2.40. The zero-order valence-electron chi connectivity index (χ0n) is 10.5. The number of aryl methyl sites for hydroxylation is 2. The quantitative estimate of drug-likeness (QED) is 0.671. The van der Waals surface area contributed by atoms with Gasteiger partial charge in [-0.05, 0) is 37.0 Å². The Morgan fingerprint density at radius 3 is 2.95 bits per heavy atom. The van der Waals surface area contributed by atoms with Crippen molar-refractivity contribution in [3.05, 3.63) is 40.3 Å². The lowest BCUT2D eigenvalue weighted by atomic mass is 10.2. The Bertz CT molecular complexity index is 785. The smallest absolute Gasteiger partial charge is 0.231 e. The van der Waals surface area contributed by atoms with E-state index in [0.29, 0.717) is 16.8 Å². The molecule has 0 saturated heterocycles. The van der Waals surface area contributed by atoms with Gasteiger partial charge in [-0.15, -0.1) is 11.3 Å². The number of aromatic nitrogens is 3. The third kappa shape index (κ3) is 1.94. The van der Waals surface area contributed by atoms with Crippen LogP contribution in [0, 0.1) is 0 Å². The molecule has 4 rings (SSSR count). The van der Waals surface area contributed by atoms with E-state index in [2.05, 4.69) is 15.0 Å². The monoisotopic (exact) mass is 303 g/mol. The maximum absolute atomic E-state index is 5.86. The summed E-state index contributed by atoms with van der Waals surface area (Å²) in [7, 11) is 0. The number of hydrogen-bond donors (Lipinski definition) is 0. The number of pyridine rings is 1. The molecule has 0 atom stereocenters. The van der Waals surface area contributed by atoms with Gasteiger partial charge in [0.2, 0.25) is 5.88 Å². The first kappa shape index (κ1) is 12.1. The molecule has 0 bridgehead atoms. The first-order valence-corrected chi connectivity index (χ1v) is 7.55. The molecular formula is C14H10ClN3OS. The first-order valence-electron chi connectivity index (χ1n) is 6.36. The number of nitrogens with zero attached hydrogens (tertiary/aromatic N) is 3. The van der Waals surface area contributed by atoms with E-state index < -0.39 is 0 Å². The standard InChI is InChI=1S/C14H10ClN3OS/c15-11-5-4-8(6-16-11)19-13-12-9-2-1-3-10(9)20-14(12)18-7-17-13/h4-7H,1-3H2. The van der Waals surface area contributed by atoms with Crippen LogP contribution in [0.1, 0.15) is 16.9 Å². The average molecular weight is 304 g/mol. The van der Waals surface area contributed by atoms with Crippen LogP contribution in [0.2, 0.25) is 5.15 Å². The van der Waals surface area contributed by atoms with Gasteiger partial charge in [0.25, 0.3) is 0 Å². The Labute approximate surface area is 124 Å². The molecule has 0 radical (unpaired) electrons. The van der Waals surface area contributed by atoms with Gasteiger partial charge < -0.3 is 4.74 Å². The van der Waals surface area contributed by atoms with Crippen molar-refractivity contribution in [2.45, 2.75) is 19.3 Å². The van der Waals surface area contributed by atoms with E-state index in [9.17, 15) is 0 Å². The molecule has 20 heavy (non-hydrogen) atoms. The zero-order valence-corrected chi connectivity index (χ0v) is 12.0. The van der Waals surface area contributed by atoms with Gasteiger partial charge in [-0.2, -0.15) is 0 Å². The molecule has 0 amide bonds. The Kier molecular flexibility index (Phi) is 2.82. The van der Waals surface area contributed by atoms with Gasteiger partial charge in [0.1, 0.15) is 22.1 Å². The van der Waals surface area contributed by atoms with Crippen molar-refractivity contribution in [3.8, 4) is 11.6 Å². The number of halogens is 1. The maximum Gasteiger partial charge on any atom is 0.231 e. The molecule has 6 heteroatoms. The minimum Gasteiger partial charge on any atom is -0.437 e. The van der Waals surface area contributed by atoms with Crippen LogP contribution in [0.4, 0.5) is 0 Å². The lowest BCUT2D eigenvalue weighted by Gasteiger charge is -2.06. The van der Waals surface area contributed by atoms with E-state index >= 15 is 0 Å². The van der Waals surface area contributed by atoms with Crippen LogP contribution < -0.4 is 4.74 Å². The average Bonchev–Trinajstić information content (AvgIpc) is 3.02. The van der Waals surface area contributed by atoms with Gasteiger partial charge in [-0.3, -0.25) is 0 Å². The van der Waals surface area contributed by atoms with Crippen molar-refractivity contribution >= 4 is 33.2 Å². The van der Waals surface area contributed by atoms with Crippen LogP contribution in [0.15, 0.2) is 24.7 Å². The molecule has 0 aliphatic heterocycles. The molecule has 4 nitrogen and oxygen atoms in total. The van der Waals surface area contributed by atoms with Gasteiger partial charge in [0.15, 0.2) is 0 Å². The summed E-state index contributed by atoms with van der Waals surface area (Å²) >= 11 is 7.52. The minimum atomic E-state index is 0.446. The zero-order chi connectivity index (χ0) is 13.5. The molecule has 1 aliphatic rings. The van der Waals surface area contributed by atoms with E-state index in [4.69, 9.17) is 16.3 Å². The van der Waals surface area contributed by atoms with Crippen LogP contribution in [-0.4, -0.2) is 15.0 Å². The predicted octanol–water partition coefficient (Wildman–Crippen LogP) is 4.02. The molecule has 0 fully saturated rings. The van der Waals surface area contributed by atoms with E-state index in [-0.39, 0.29) is 0 Å². The predicted molar refractivity (Wildman–Crippen MR) is 78.8 cm³/mol. The highest BCUT2D eigenvalue weighted by atomic mass is 35.5. The molecule has 0 N–H and O–H groups in total. The lowest BCUT2D eigenvalue weighted by molar-refractivity contribution is 0.466. The molecule has 3 aromatic rings. The Hall–Kier alpha value is -1.72. The SMILES string of the molecule is Clc1ccc(Oc2ncnc3sc4c(c23)CCC4)cn1. The Morgan fingerprint density at radius 2 is 2.10 bits per heavy atom. The van der Waals surface area contributed by atoms with E-state index in [1.165, 1.54) is 16.9 Å². The van der Waals surface area contributed by atoms with Crippen molar-refractivity contribution in [1.29, 1.82) is 0 Å². The van der Waals surface area contributed by atoms with E-state index in [1.807, 2.05) is 0 Å². The van der Waals surface area contributed by atoms with Gasteiger partial charge in [0.05, 0.1) is 11.6 Å². The molecule has 0 spiro atoms. The summed E-state index contributed by atoms with van der Waals surface area (Å²) in [4.78, 5) is 15.1. The van der Waals surface area contributed by atoms with Crippen molar-refractivity contribution in [2.24, 2.45) is 0 Å². The molecule has 1 aliphatic carbocycles. The Balaban J connectivity index is 1.81. The molecule has 0 saturated carbocycles. The van der Waals surface area contributed by atoms with Gasteiger partial charge in [-0.1, -0.05) is 11.6 Å². The molecule has 0 aromatic carbocycles. The van der Waals surface area contributed by atoms with Crippen LogP contribution in [0.5, 0.6) is 11.6 Å². The summed E-state index contributed by atoms with van der Waals surface area (Å²) in [6.45, 7) is 0. The summed E-state index contributed by atoms with van der Waals surface area (Å²) in [5, 5.41) is 1.50. The summed E-state index contributed by atoms with van der Waals surface area (Å²) < 4.78 is 5.86. The van der Waals surface area contributed by atoms with Crippen LogP contribution in [0.25, 0.3) is 10.2 Å².